The monoisotopic (exact) mass is 215 g/mol. The van der Waals surface area contributed by atoms with E-state index in [4.69, 9.17) is 5.73 Å². The molecule has 0 aliphatic carbocycles. The smallest absolute Gasteiger partial charge is 0.0645 e. The molecule has 0 radical (unpaired) electrons. The third kappa shape index (κ3) is 2.70. The third-order valence-corrected chi connectivity index (χ3v) is 2.59. The summed E-state index contributed by atoms with van der Waals surface area (Å²) < 4.78 is 1.86. The summed E-state index contributed by atoms with van der Waals surface area (Å²) in [4.78, 5) is 0. The summed E-state index contributed by atoms with van der Waals surface area (Å²) in [5.74, 6) is 0. The molecule has 0 amide bonds. The molecular weight excluding hydrogens is 198 g/mol. The zero-order chi connectivity index (χ0) is 11.4. The van der Waals surface area contributed by atoms with Gasteiger partial charge in [0.25, 0.3) is 0 Å². The minimum atomic E-state index is 0.269. The predicted molar refractivity (Wildman–Crippen MR) is 65.5 cm³/mol. The Kier molecular flexibility index (Phi) is 3.37. The Morgan fingerprint density at radius 1 is 1.31 bits per heavy atom. The van der Waals surface area contributed by atoms with Crippen LogP contribution in [0.4, 0.5) is 0 Å². The number of hydrogen-bond acceptors (Lipinski definition) is 2. The number of aromatic nitrogens is 2. The van der Waals surface area contributed by atoms with Crippen LogP contribution < -0.4 is 5.73 Å². The highest BCUT2D eigenvalue weighted by molar-refractivity contribution is 5.33. The van der Waals surface area contributed by atoms with Crippen LogP contribution in [0.5, 0.6) is 0 Å². The fourth-order valence-electron chi connectivity index (χ4n) is 1.63. The zero-order valence-corrected chi connectivity index (χ0v) is 9.50. The number of aryl methyl sites for hydroxylation is 1. The second-order valence-electron chi connectivity index (χ2n) is 4.13. The summed E-state index contributed by atoms with van der Waals surface area (Å²) in [5, 5.41) is 4.19. The Morgan fingerprint density at radius 2 is 2.06 bits per heavy atom. The van der Waals surface area contributed by atoms with Crippen molar-refractivity contribution in [2.45, 2.75) is 25.8 Å². The van der Waals surface area contributed by atoms with Gasteiger partial charge in [0.2, 0.25) is 0 Å². The van der Waals surface area contributed by atoms with Gasteiger partial charge in [0.15, 0.2) is 0 Å². The van der Waals surface area contributed by atoms with Crippen molar-refractivity contribution in [1.29, 1.82) is 0 Å². The maximum Gasteiger partial charge on any atom is 0.0645 e. The molecule has 0 spiro atoms. The lowest BCUT2D eigenvalue weighted by atomic mass is 10.1. The van der Waals surface area contributed by atoms with Crippen LogP contribution in [-0.2, 0) is 6.42 Å². The fourth-order valence-corrected chi connectivity index (χ4v) is 1.63. The Balaban J connectivity index is 2.05. The molecule has 0 aliphatic rings. The number of nitrogens with zero attached hydrogens (tertiary/aromatic N) is 2. The number of benzene rings is 1. The van der Waals surface area contributed by atoms with Crippen molar-refractivity contribution in [2.75, 3.05) is 0 Å². The first-order valence-corrected chi connectivity index (χ1v) is 5.60. The van der Waals surface area contributed by atoms with E-state index < -0.39 is 0 Å². The van der Waals surface area contributed by atoms with Crippen molar-refractivity contribution < 1.29 is 0 Å². The van der Waals surface area contributed by atoms with Crippen LogP contribution in [0.2, 0.25) is 0 Å². The van der Waals surface area contributed by atoms with E-state index in [2.05, 4.69) is 29.4 Å². The first-order chi connectivity index (χ1) is 7.75. The molecule has 3 heteroatoms. The molecule has 2 N–H and O–H groups in total. The van der Waals surface area contributed by atoms with Gasteiger partial charge in [-0.15, -0.1) is 0 Å². The average molecular weight is 215 g/mol. The number of nitrogens with two attached hydrogens (primary N) is 1. The first-order valence-electron chi connectivity index (χ1n) is 5.60. The highest BCUT2D eigenvalue weighted by atomic mass is 15.3. The van der Waals surface area contributed by atoms with E-state index in [9.17, 15) is 0 Å². The van der Waals surface area contributed by atoms with Crippen molar-refractivity contribution >= 4 is 0 Å². The van der Waals surface area contributed by atoms with Crippen LogP contribution in [0.1, 0.15) is 18.9 Å². The van der Waals surface area contributed by atoms with Crippen LogP contribution in [-0.4, -0.2) is 15.8 Å². The lowest BCUT2D eigenvalue weighted by Gasteiger charge is -2.06. The number of rotatable bonds is 4. The maximum absolute atomic E-state index is 5.73. The SMILES string of the molecule is C[C@H](N)CCc1ccc(-n2cccn2)cc1. The van der Waals surface area contributed by atoms with Crippen molar-refractivity contribution in [3.05, 3.63) is 48.3 Å². The second-order valence-corrected chi connectivity index (χ2v) is 4.13. The Labute approximate surface area is 95.9 Å². The van der Waals surface area contributed by atoms with Gasteiger partial charge in [-0.3, -0.25) is 0 Å². The van der Waals surface area contributed by atoms with E-state index in [1.807, 2.05) is 23.9 Å². The van der Waals surface area contributed by atoms with E-state index in [1.54, 1.807) is 6.20 Å². The number of hydrogen-bond donors (Lipinski definition) is 1. The Hall–Kier alpha value is -1.61. The molecule has 0 bridgehead atoms. The average Bonchev–Trinajstić information content (AvgIpc) is 2.80. The molecule has 84 valence electrons. The molecule has 1 aromatic carbocycles. The summed E-state index contributed by atoms with van der Waals surface area (Å²) in [6, 6.07) is 10.6. The van der Waals surface area contributed by atoms with E-state index in [0.29, 0.717) is 0 Å². The summed E-state index contributed by atoms with van der Waals surface area (Å²) in [7, 11) is 0. The van der Waals surface area contributed by atoms with Gasteiger partial charge in [-0.25, -0.2) is 4.68 Å². The minimum absolute atomic E-state index is 0.269. The van der Waals surface area contributed by atoms with Crippen molar-refractivity contribution in [3.63, 3.8) is 0 Å². The molecule has 0 saturated carbocycles. The maximum atomic E-state index is 5.73. The predicted octanol–water partition coefficient (Wildman–Crippen LogP) is 2.15. The lowest BCUT2D eigenvalue weighted by molar-refractivity contribution is 0.666. The molecule has 2 aromatic rings. The normalized spacial score (nSPS) is 12.6. The van der Waals surface area contributed by atoms with Gasteiger partial charge in [0.1, 0.15) is 0 Å². The van der Waals surface area contributed by atoms with E-state index in [-0.39, 0.29) is 6.04 Å². The second kappa shape index (κ2) is 4.94. The highest BCUT2D eigenvalue weighted by Gasteiger charge is 1.99. The van der Waals surface area contributed by atoms with Crippen molar-refractivity contribution in [2.24, 2.45) is 5.73 Å². The fraction of sp³-hybridized carbons (Fsp3) is 0.308. The van der Waals surface area contributed by atoms with Crippen LogP contribution in [0.3, 0.4) is 0 Å². The Bertz CT molecular complexity index is 415. The van der Waals surface area contributed by atoms with Gasteiger partial charge in [-0.05, 0) is 43.5 Å². The lowest BCUT2D eigenvalue weighted by Crippen LogP contribution is -2.15. The molecule has 0 unspecified atom stereocenters. The molecule has 1 aromatic heterocycles. The quantitative estimate of drug-likeness (QED) is 0.849. The van der Waals surface area contributed by atoms with Gasteiger partial charge < -0.3 is 5.73 Å². The first kappa shape index (κ1) is 10.9. The van der Waals surface area contributed by atoms with Crippen LogP contribution in [0.15, 0.2) is 42.7 Å². The zero-order valence-electron chi connectivity index (χ0n) is 9.50. The van der Waals surface area contributed by atoms with E-state index >= 15 is 0 Å². The highest BCUT2D eigenvalue weighted by Crippen LogP contribution is 2.10. The van der Waals surface area contributed by atoms with Gasteiger partial charge in [0.05, 0.1) is 5.69 Å². The summed E-state index contributed by atoms with van der Waals surface area (Å²) in [6.45, 7) is 2.04. The van der Waals surface area contributed by atoms with Gasteiger partial charge >= 0.3 is 0 Å². The van der Waals surface area contributed by atoms with Crippen molar-refractivity contribution in [1.82, 2.24) is 9.78 Å². The minimum Gasteiger partial charge on any atom is -0.328 e. The van der Waals surface area contributed by atoms with Crippen LogP contribution >= 0.6 is 0 Å². The topological polar surface area (TPSA) is 43.8 Å². The van der Waals surface area contributed by atoms with Gasteiger partial charge in [-0.2, -0.15) is 5.10 Å². The summed E-state index contributed by atoms with van der Waals surface area (Å²) >= 11 is 0. The van der Waals surface area contributed by atoms with Crippen LogP contribution in [0.25, 0.3) is 5.69 Å². The third-order valence-electron chi connectivity index (χ3n) is 2.59. The molecule has 0 saturated heterocycles. The standard InChI is InChI=1S/C13H17N3/c1-11(14)3-4-12-5-7-13(8-6-12)16-10-2-9-15-16/h2,5-11H,3-4,14H2,1H3/t11-/m0/s1. The molecule has 1 heterocycles. The molecule has 16 heavy (non-hydrogen) atoms. The van der Waals surface area contributed by atoms with Gasteiger partial charge in [0, 0.05) is 18.4 Å². The largest absolute Gasteiger partial charge is 0.328 e. The van der Waals surface area contributed by atoms with Gasteiger partial charge in [-0.1, -0.05) is 12.1 Å². The summed E-state index contributed by atoms with van der Waals surface area (Å²) in [5.41, 5.74) is 8.15. The molecular formula is C13H17N3. The summed E-state index contributed by atoms with van der Waals surface area (Å²) in [6.07, 6.45) is 5.79. The van der Waals surface area contributed by atoms with Crippen molar-refractivity contribution in [3.8, 4) is 5.69 Å². The molecule has 3 nitrogen and oxygen atoms in total. The molecule has 0 aliphatic heterocycles. The Morgan fingerprint density at radius 3 is 2.62 bits per heavy atom. The molecule has 0 fully saturated rings. The van der Waals surface area contributed by atoms with E-state index in [1.165, 1.54) is 5.56 Å². The molecule has 2 rings (SSSR count). The van der Waals surface area contributed by atoms with E-state index in [0.717, 1.165) is 18.5 Å². The van der Waals surface area contributed by atoms with Crippen LogP contribution in [0, 0.1) is 0 Å². The molecule has 1 atom stereocenters.